The minimum atomic E-state index is -3.88. The van der Waals surface area contributed by atoms with Gasteiger partial charge in [0, 0.05) is 17.2 Å². The fourth-order valence-corrected chi connectivity index (χ4v) is 6.00. The van der Waals surface area contributed by atoms with Crippen molar-refractivity contribution in [3.05, 3.63) is 89.8 Å². The molecule has 0 amide bonds. The highest BCUT2D eigenvalue weighted by molar-refractivity contribution is 7.93. The molecule has 0 radical (unpaired) electrons. The number of anilines is 1. The summed E-state index contributed by atoms with van der Waals surface area (Å²) < 4.78 is 39.3. The molecule has 1 aliphatic heterocycles. The largest absolute Gasteiger partial charge is 0.462 e. The summed E-state index contributed by atoms with van der Waals surface area (Å²) in [5.41, 5.74) is 2.75. The molecule has 13 heteroatoms. The van der Waals surface area contributed by atoms with Crippen molar-refractivity contribution in [2.75, 3.05) is 11.3 Å². The SMILES string of the molecule is O=S(=O)(Nc1nc(-c2ccc(O[C@@H]3O[C@H](CO)[C@@H](O)[C@H](O)[C@H]3O)cc2)cs1)c1ccc(N=Cc2ccccc2)cc1. The minimum Gasteiger partial charge on any atom is -0.462 e. The first kappa shape index (κ1) is 28.8. The molecule has 1 fully saturated rings. The molecule has 5 rings (SSSR count). The standard InChI is InChI=1S/C28H27N3O8S2/c32-15-23-24(33)25(34)26(35)27(39-23)38-20-10-6-18(7-11-20)22-16-40-28(30-22)31-41(36,37)21-12-8-19(9-13-21)29-14-17-4-2-1-3-5-17/h1-14,16,23-27,32-35H,15H2,(H,30,31)/t23-,24-,25+,26-,27-/m1/s1. The number of nitrogens with one attached hydrogen (secondary N) is 1. The van der Waals surface area contributed by atoms with Crippen LogP contribution in [0.1, 0.15) is 5.56 Å². The van der Waals surface area contributed by atoms with Gasteiger partial charge in [0.2, 0.25) is 6.29 Å². The quantitative estimate of drug-likeness (QED) is 0.182. The first-order valence-electron chi connectivity index (χ1n) is 12.5. The van der Waals surface area contributed by atoms with Crippen LogP contribution in [0.3, 0.4) is 0 Å². The topological polar surface area (TPSA) is 171 Å². The van der Waals surface area contributed by atoms with E-state index in [9.17, 15) is 28.8 Å². The van der Waals surface area contributed by atoms with Gasteiger partial charge in [-0.2, -0.15) is 0 Å². The average Bonchev–Trinajstić information content (AvgIpc) is 3.45. The lowest BCUT2D eigenvalue weighted by Gasteiger charge is -2.39. The third-order valence-corrected chi connectivity index (χ3v) is 8.53. The number of rotatable bonds is 9. The lowest BCUT2D eigenvalue weighted by Crippen LogP contribution is -2.60. The Balaban J connectivity index is 1.21. The van der Waals surface area contributed by atoms with Crippen molar-refractivity contribution < 1.29 is 38.3 Å². The van der Waals surface area contributed by atoms with Crippen molar-refractivity contribution >= 4 is 38.4 Å². The molecule has 0 aliphatic carbocycles. The number of aliphatic hydroxyl groups is 4. The Labute approximate surface area is 240 Å². The lowest BCUT2D eigenvalue weighted by molar-refractivity contribution is -0.277. The van der Waals surface area contributed by atoms with Gasteiger partial charge in [0.05, 0.1) is 22.9 Å². The maximum absolute atomic E-state index is 12.9. The third kappa shape index (κ3) is 6.80. The number of thiazole rings is 1. The van der Waals surface area contributed by atoms with Gasteiger partial charge in [-0.15, -0.1) is 11.3 Å². The number of hydrogen-bond donors (Lipinski definition) is 5. The molecule has 214 valence electrons. The van der Waals surface area contributed by atoms with Gasteiger partial charge in [-0.25, -0.2) is 13.4 Å². The van der Waals surface area contributed by atoms with Crippen LogP contribution >= 0.6 is 11.3 Å². The zero-order valence-electron chi connectivity index (χ0n) is 21.4. The first-order chi connectivity index (χ1) is 19.7. The fourth-order valence-electron chi connectivity index (χ4n) is 4.03. The summed E-state index contributed by atoms with van der Waals surface area (Å²) >= 11 is 1.13. The Hall–Kier alpha value is -3.69. The molecule has 2 heterocycles. The van der Waals surface area contributed by atoms with E-state index in [1.54, 1.807) is 48.0 Å². The molecule has 5 N–H and O–H groups in total. The van der Waals surface area contributed by atoms with Crippen LogP contribution in [-0.4, -0.2) is 77.4 Å². The number of benzene rings is 3. The van der Waals surface area contributed by atoms with E-state index < -0.39 is 47.3 Å². The van der Waals surface area contributed by atoms with Crippen molar-refractivity contribution in [3.8, 4) is 17.0 Å². The molecule has 5 atom stereocenters. The molecule has 4 aromatic rings. The van der Waals surface area contributed by atoms with Crippen molar-refractivity contribution in [2.45, 2.75) is 35.6 Å². The highest BCUT2D eigenvalue weighted by Crippen LogP contribution is 2.30. The van der Waals surface area contributed by atoms with Crippen molar-refractivity contribution in [3.63, 3.8) is 0 Å². The second-order valence-corrected chi connectivity index (χ2v) is 11.7. The molecule has 3 aromatic carbocycles. The second kappa shape index (κ2) is 12.4. The minimum absolute atomic E-state index is 0.0719. The predicted octanol–water partition coefficient (Wildman–Crippen LogP) is 2.54. The fraction of sp³-hybridized carbons (Fsp3) is 0.214. The van der Waals surface area contributed by atoms with Crippen LogP contribution in [0, 0.1) is 0 Å². The number of hydrogen-bond acceptors (Lipinski definition) is 11. The Morgan fingerprint density at radius 3 is 2.34 bits per heavy atom. The number of aliphatic imine (C=N–C) groups is 1. The Bertz CT molecular complexity index is 1580. The van der Waals surface area contributed by atoms with Crippen LogP contribution in [0.5, 0.6) is 5.75 Å². The molecule has 0 spiro atoms. The van der Waals surface area contributed by atoms with Crippen LogP contribution < -0.4 is 9.46 Å². The van der Waals surface area contributed by atoms with Gasteiger partial charge < -0.3 is 29.9 Å². The van der Waals surface area contributed by atoms with E-state index in [4.69, 9.17) is 9.47 Å². The normalized spacial score (nSPS) is 23.0. The number of nitrogens with zero attached hydrogens (tertiary/aromatic N) is 2. The van der Waals surface area contributed by atoms with E-state index in [1.165, 1.54) is 12.1 Å². The monoisotopic (exact) mass is 597 g/mol. The third-order valence-electron chi connectivity index (χ3n) is 6.29. The molecular weight excluding hydrogens is 570 g/mol. The summed E-state index contributed by atoms with van der Waals surface area (Å²) in [6.45, 7) is -0.561. The highest BCUT2D eigenvalue weighted by Gasteiger charge is 2.44. The average molecular weight is 598 g/mol. The second-order valence-electron chi connectivity index (χ2n) is 9.15. The van der Waals surface area contributed by atoms with E-state index in [0.29, 0.717) is 22.7 Å². The Morgan fingerprint density at radius 2 is 1.66 bits per heavy atom. The van der Waals surface area contributed by atoms with E-state index in [-0.39, 0.29) is 10.0 Å². The summed E-state index contributed by atoms with van der Waals surface area (Å²) in [6.07, 6.45) is -5.24. The van der Waals surface area contributed by atoms with Gasteiger partial charge in [0.1, 0.15) is 30.2 Å². The molecule has 0 bridgehead atoms. The maximum Gasteiger partial charge on any atom is 0.263 e. The number of aromatic nitrogens is 1. The van der Waals surface area contributed by atoms with E-state index in [2.05, 4.69) is 14.7 Å². The number of ether oxygens (including phenoxy) is 2. The van der Waals surface area contributed by atoms with Gasteiger partial charge in [0.25, 0.3) is 10.0 Å². The van der Waals surface area contributed by atoms with Gasteiger partial charge in [-0.05, 0) is 54.1 Å². The molecule has 1 saturated heterocycles. The molecular formula is C28H27N3O8S2. The first-order valence-corrected chi connectivity index (χ1v) is 14.8. The van der Waals surface area contributed by atoms with E-state index in [1.807, 2.05) is 30.3 Å². The van der Waals surface area contributed by atoms with Gasteiger partial charge in [-0.3, -0.25) is 9.71 Å². The van der Waals surface area contributed by atoms with Crippen LogP contribution in [0.15, 0.2) is 94.1 Å². The summed E-state index contributed by atoms with van der Waals surface area (Å²) in [4.78, 5) is 8.82. The Morgan fingerprint density at radius 1 is 0.951 bits per heavy atom. The van der Waals surface area contributed by atoms with Crippen LogP contribution in [0.25, 0.3) is 11.3 Å². The summed E-state index contributed by atoms with van der Waals surface area (Å²) in [6, 6.07) is 22.3. The van der Waals surface area contributed by atoms with Gasteiger partial charge in [0.15, 0.2) is 5.13 Å². The van der Waals surface area contributed by atoms with Crippen LogP contribution in [0.2, 0.25) is 0 Å². The summed E-state index contributed by atoms with van der Waals surface area (Å²) in [7, 11) is -3.88. The van der Waals surface area contributed by atoms with E-state index in [0.717, 1.165) is 16.9 Å². The maximum atomic E-state index is 12.9. The number of aliphatic hydroxyl groups excluding tert-OH is 4. The lowest BCUT2D eigenvalue weighted by atomic mass is 9.99. The van der Waals surface area contributed by atoms with Crippen molar-refractivity contribution in [2.24, 2.45) is 4.99 Å². The Kier molecular flexibility index (Phi) is 8.75. The smallest absolute Gasteiger partial charge is 0.263 e. The zero-order valence-corrected chi connectivity index (χ0v) is 23.0. The summed E-state index contributed by atoms with van der Waals surface area (Å²) in [5.74, 6) is 0.297. The van der Waals surface area contributed by atoms with Crippen LogP contribution in [-0.2, 0) is 14.8 Å². The predicted molar refractivity (Wildman–Crippen MR) is 153 cm³/mol. The summed E-state index contributed by atoms with van der Waals surface area (Å²) in [5, 5.41) is 41.2. The number of sulfonamides is 1. The van der Waals surface area contributed by atoms with Crippen molar-refractivity contribution in [1.29, 1.82) is 0 Å². The molecule has 1 aliphatic rings. The zero-order chi connectivity index (χ0) is 29.0. The molecule has 11 nitrogen and oxygen atoms in total. The van der Waals surface area contributed by atoms with Crippen LogP contribution in [0.4, 0.5) is 10.8 Å². The molecule has 41 heavy (non-hydrogen) atoms. The van der Waals surface area contributed by atoms with E-state index >= 15 is 0 Å². The van der Waals surface area contributed by atoms with Gasteiger partial charge in [-0.1, -0.05) is 30.3 Å². The van der Waals surface area contributed by atoms with Crippen molar-refractivity contribution in [1.82, 2.24) is 4.98 Å². The van der Waals surface area contributed by atoms with Gasteiger partial charge >= 0.3 is 0 Å². The molecule has 0 unspecified atom stereocenters. The molecule has 0 saturated carbocycles. The highest BCUT2D eigenvalue weighted by atomic mass is 32.2. The molecule has 1 aromatic heterocycles.